The molecule has 0 heterocycles. The maximum absolute atomic E-state index is 9.89. The van der Waals surface area contributed by atoms with Crippen LogP contribution in [0.3, 0.4) is 0 Å². The van der Waals surface area contributed by atoms with E-state index in [9.17, 15) is 8.42 Å². The van der Waals surface area contributed by atoms with Gasteiger partial charge in [-0.2, -0.15) is 8.42 Å². The van der Waals surface area contributed by atoms with Gasteiger partial charge in [-0.15, -0.1) is 11.6 Å². The summed E-state index contributed by atoms with van der Waals surface area (Å²) >= 11 is 5.13. The van der Waals surface area contributed by atoms with E-state index in [0.29, 0.717) is 6.42 Å². The molecule has 0 aromatic carbocycles. The number of hydrogen-bond donors (Lipinski definition) is 1. The summed E-state index contributed by atoms with van der Waals surface area (Å²) in [5.74, 6) is 0.0241. The van der Waals surface area contributed by atoms with Crippen molar-refractivity contribution in [1.29, 1.82) is 0 Å². The summed E-state index contributed by atoms with van der Waals surface area (Å²) in [5, 5.41) is 0. The van der Waals surface area contributed by atoms with E-state index in [2.05, 4.69) is 0 Å². The first-order valence-electron chi connectivity index (χ1n) is 2.07. The molecule has 0 aliphatic heterocycles. The van der Waals surface area contributed by atoms with Crippen molar-refractivity contribution in [2.45, 2.75) is 6.42 Å². The van der Waals surface area contributed by atoms with Crippen LogP contribution < -0.4 is 29.6 Å². The summed E-state index contributed by atoms with van der Waals surface area (Å²) in [4.78, 5) is 0. The van der Waals surface area contributed by atoms with Gasteiger partial charge in [0.05, 0.1) is 5.75 Å². The van der Waals surface area contributed by atoms with E-state index >= 15 is 0 Å². The van der Waals surface area contributed by atoms with Crippen LogP contribution in [0.15, 0.2) is 0 Å². The summed E-state index contributed by atoms with van der Waals surface area (Å²) in [6.07, 6.45) is 0.306. The zero-order valence-electron chi connectivity index (χ0n) is 6.17. The average molecular weight is 183 g/mol. The van der Waals surface area contributed by atoms with Crippen LogP contribution in [0.2, 0.25) is 0 Å². The molecule has 0 bridgehead atoms. The van der Waals surface area contributed by atoms with Gasteiger partial charge in [-0.05, 0) is 6.42 Å². The smallest absolute Gasteiger partial charge is 1.00 e. The van der Waals surface area contributed by atoms with Crippen molar-refractivity contribution in [3.63, 3.8) is 0 Å². The third kappa shape index (κ3) is 12.4. The second-order valence-electron chi connectivity index (χ2n) is 1.33. The van der Waals surface area contributed by atoms with Gasteiger partial charge >= 0.3 is 29.6 Å². The van der Waals surface area contributed by atoms with Gasteiger partial charge in [0, 0.05) is 5.88 Å². The molecule has 1 N–H and O–H groups in total. The number of rotatable bonds is 3. The first-order valence-corrected chi connectivity index (χ1v) is 4.22. The molecular formula is C3H8ClNaO3S. The quantitative estimate of drug-likeness (QED) is 0.301. The van der Waals surface area contributed by atoms with Crippen molar-refractivity contribution >= 4 is 21.7 Å². The van der Waals surface area contributed by atoms with Crippen molar-refractivity contribution in [1.82, 2.24) is 0 Å². The average Bonchev–Trinajstić information content (AvgIpc) is 1.59. The third-order valence-electron chi connectivity index (χ3n) is 0.536. The monoisotopic (exact) mass is 182 g/mol. The van der Waals surface area contributed by atoms with E-state index in [1.165, 1.54) is 0 Å². The second kappa shape index (κ2) is 5.95. The Hall–Kier alpha value is 1.20. The molecule has 52 valence electrons. The Balaban J connectivity index is -0.000000245. The molecule has 0 aliphatic carbocycles. The molecule has 0 aliphatic rings. The minimum absolute atomic E-state index is 0. The van der Waals surface area contributed by atoms with Crippen LogP contribution in [-0.4, -0.2) is 24.6 Å². The fourth-order valence-electron chi connectivity index (χ4n) is 0.237. The maximum atomic E-state index is 9.89. The summed E-state index contributed by atoms with van der Waals surface area (Å²) in [5.41, 5.74) is 0. The zero-order valence-corrected chi connectivity index (χ0v) is 8.74. The van der Waals surface area contributed by atoms with E-state index in [1.807, 2.05) is 0 Å². The molecule has 0 aromatic rings. The molecule has 0 aromatic heterocycles. The van der Waals surface area contributed by atoms with Gasteiger partial charge in [0.2, 0.25) is 0 Å². The molecule has 0 spiro atoms. The molecular weight excluding hydrogens is 175 g/mol. The van der Waals surface area contributed by atoms with Crippen LogP contribution in [0.1, 0.15) is 7.85 Å². The van der Waals surface area contributed by atoms with Crippen LogP contribution >= 0.6 is 11.6 Å². The maximum Gasteiger partial charge on any atom is 1.00 e. The van der Waals surface area contributed by atoms with Gasteiger partial charge < -0.3 is 1.43 Å². The van der Waals surface area contributed by atoms with Crippen molar-refractivity contribution < 1.29 is 44.0 Å². The third-order valence-corrected chi connectivity index (χ3v) is 1.61. The molecule has 6 heteroatoms. The van der Waals surface area contributed by atoms with Crippen LogP contribution in [0.25, 0.3) is 0 Å². The molecule has 9 heavy (non-hydrogen) atoms. The minimum Gasteiger partial charge on any atom is -1.00 e. The van der Waals surface area contributed by atoms with Crippen LogP contribution in [-0.2, 0) is 10.1 Å². The van der Waals surface area contributed by atoms with Gasteiger partial charge in [0.25, 0.3) is 10.1 Å². The predicted octanol–water partition coefficient (Wildman–Crippen LogP) is -2.38. The summed E-state index contributed by atoms with van der Waals surface area (Å²) < 4.78 is 27.8. The van der Waals surface area contributed by atoms with E-state index in [1.54, 1.807) is 0 Å². The summed E-state index contributed by atoms with van der Waals surface area (Å²) in [7, 11) is -3.77. The molecule has 3 nitrogen and oxygen atoms in total. The Morgan fingerprint density at radius 3 is 2.11 bits per heavy atom. The molecule has 0 radical (unpaired) electrons. The Labute approximate surface area is 83.3 Å². The molecule has 0 saturated carbocycles. The first kappa shape index (κ1) is 12.8. The first-order chi connectivity index (χ1) is 3.56. The topological polar surface area (TPSA) is 54.4 Å². The van der Waals surface area contributed by atoms with Crippen molar-refractivity contribution in [3.8, 4) is 0 Å². The van der Waals surface area contributed by atoms with Gasteiger partial charge in [-0.3, -0.25) is 4.55 Å². The number of alkyl halides is 1. The van der Waals surface area contributed by atoms with Crippen molar-refractivity contribution in [2.75, 3.05) is 11.6 Å². The molecule has 0 fully saturated rings. The summed E-state index contributed by atoms with van der Waals surface area (Å²) in [6, 6.07) is 0. The van der Waals surface area contributed by atoms with E-state index in [0.717, 1.165) is 0 Å². The standard InChI is InChI=1S/C3H7ClO3S.Na.H/c4-2-1-3-8(5,6)7;;/h1-3H2,(H,5,6,7);;/q;+1;-1. The molecule has 0 rings (SSSR count). The Kier molecular flexibility index (Phi) is 8.48. The Morgan fingerprint density at radius 2 is 2.00 bits per heavy atom. The van der Waals surface area contributed by atoms with Gasteiger partial charge in [-0.25, -0.2) is 0 Å². The normalized spacial score (nSPS) is 10.4. The molecule has 0 atom stereocenters. The molecule has 0 unspecified atom stereocenters. The molecule has 0 saturated heterocycles. The number of hydrogen-bond acceptors (Lipinski definition) is 2. The van der Waals surface area contributed by atoms with Crippen molar-refractivity contribution in [3.05, 3.63) is 0 Å². The largest absolute Gasteiger partial charge is 1.00 e. The van der Waals surface area contributed by atoms with Gasteiger partial charge in [0.15, 0.2) is 0 Å². The Bertz CT molecular complexity index is 148. The fraction of sp³-hybridized carbons (Fsp3) is 1.00. The number of halogens is 1. The van der Waals surface area contributed by atoms with Crippen molar-refractivity contribution in [2.24, 2.45) is 0 Å². The zero-order chi connectivity index (χ0) is 6.62. The predicted molar refractivity (Wildman–Crippen MR) is 32.9 cm³/mol. The minimum atomic E-state index is -3.77. The SMILES string of the molecule is O=S(=O)(O)CCCCl.[H-].[Na+]. The van der Waals surface area contributed by atoms with E-state index < -0.39 is 10.1 Å². The van der Waals surface area contributed by atoms with Gasteiger partial charge in [-0.1, -0.05) is 0 Å². The fourth-order valence-corrected chi connectivity index (χ4v) is 1.04. The molecule has 0 amide bonds. The van der Waals surface area contributed by atoms with Crippen LogP contribution in [0.5, 0.6) is 0 Å². The van der Waals surface area contributed by atoms with Gasteiger partial charge in [0.1, 0.15) is 0 Å². The van der Waals surface area contributed by atoms with Crippen LogP contribution in [0.4, 0.5) is 0 Å². The second-order valence-corrected chi connectivity index (χ2v) is 3.28. The summed E-state index contributed by atoms with van der Waals surface area (Å²) in [6.45, 7) is 0. The van der Waals surface area contributed by atoms with Crippen LogP contribution in [0, 0.1) is 0 Å². The Morgan fingerprint density at radius 1 is 1.56 bits per heavy atom. The van der Waals surface area contributed by atoms with E-state index in [4.69, 9.17) is 16.2 Å². The van der Waals surface area contributed by atoms with E-state index in [-0.39, 0.29) is 42.6 Å².